The Morgan fingerprint density at radius 1 is 1.06 bits per heavy atom. The average Bonchev–Trinajstić information content (AvgIpc) is 3.24. The van der Waals surface area contributed by atoms with E-state index in [9.17, 15) is 17.6 Å². The van der Waals surface area contributed by atoms with Gasteiger partial charge in [-0.05, 0) is 61.7 Å². The number of aryl methyl sites for hydroxylation is 1. The maximum Gasteiger partial charge on any atom is 0.261 e. The van der Waals surface area contributed by atoms with Crippen LogP contribution < -0.4 is 10.0 Å². The van der Waals surface area contributed by atoms with Crippen LogP contribution in [0.1, 0.15) is 54.1 Å². The molecule has 4 rings (SSSR count). The van der Waals surface area contributed by atoms with Crippen LogP contribution in [0, 0.1) is 12.7 Å². The van der Waals surface area contributed by atoms with Crippen LogP contribution >= 0.6 is 0 Å². The summed E-state index contributed by atoms with van der Waals surface area (Å²) in [5.41, 5.74) is 1.13. The molecule has 1 aromatic heterocycles. The van der Waals surface area contributed by atoms with Gasteiger partial charge in [0, 0.05) is 17.3 Å². The molecule has 3 aromatic rings. The van der Waals surface area contributed by atoms with E-state index in [4.69, 9.17) is 0 Å². The molecule has 1 fully saturated rings. The number of halogens is 1. The molecule has 0 saturated heterocycles. The van der Waals surface area contributed by atoms with Crippen molar-refractivity contribution < 1.29 is 17.6 Å². The molecule has 0 atom stereocenters. The quantitative estimate of drug-likeness (QED) is 0.552. The fourth-order valence-corrected chi connectivity index (χ4v) is 5.04. The van der Waals surface area contributed by atoms with Crippen molar-refractivity contribution in [3.05, 3.63) is 71.7 Å². The second-order valence-electron chi connectivity index (χ2n) is 8.00. The first-order valence-corrected chi connectivity index (χ1v) is 12.1. The second kappa shape index (κ2) is 9.12. The lowest BCUT2D eigenvalue weighted by molar-refractivity contribution is 0.102. The first-order valence-electron chi connectivity index (χ1n) is 10.6. The summed E-state index contributed by atoms with van der Waals surface area (Å²) in [6, 6.07) is 11.4. The van der Waals surface area contributed by atoms with Gasteiger partial charge in [-0.3, -0.25) is 9.52 Å². The van der Waals surface area contributed by atoms with Gasteiger partial charge >= 0.3 is 0 Å². The Kier molecular flexibility index (Phi) is 6.27. The molecule has 1 saturated carbocycles. The number of aromatic nitrogens is 2. The monoisotopic (exact) mass is 456 g/mol. The number of nitrogens with zero attached hydrogens (tertiary/aromatic N) is 2. The van der Waals surface area contributed by atoms with Crippen LogP contribution in [0.25, 0.3) is 0 Å². The lowest BCUT2D eigenvalue weighted by Crippen LogP contribution is -2.21. The van der Waals surface area contributed by atoms with Crippen molar-refractivity contribution in [2.45, 2.75) is 50.0 Å². The van der Waals surface area contributed by atoms with E-state index in [1.54, 1.807) is 25.3 Å². The van der Waals surface area contributed by atoms with Gasteiger partial charge in [-0.1, -0.05) is 25.3 Å². The number of hydrogen-bond acceptors (Lipinski definition) is 4. The van der Waals surface area contributed by atoms with Crippen molar-refractivity contribution in [3.8, 4) is 0 Å². The SMILES string of the molecule is Cc1ccc(S(=O)(=O)Nc2ccc(F)cc2)cc1C(=O)Nc1ccnn1C1CCCCC1. The summed E-state index contributed by atoms with van der Waals surface area (Å²) in [4.78, 5) is 13.0. The standard InChI is InChI=1S/C23H25FN4O3S/c1-16-7-12-20(32(30,31)27-18-10-8-17(24)9-11-18)15-21(16)23(29)26-22-13-14-25-28(22)19-5-3-2-4-6-19/h7-15,19,27H,2-6H2,1H3,(H,26,29). The minimum absolute atomic E-state index is 0.0571. The first-order chi connectivity index (χ1) is 15.3. The number of anilines is 2. The smallest absolute Gasteiger partial charge is 0.261 e. The molecule has 32 heavy (non-hydrogen) atoms. The van der Waals surface area contributed by atoms with E-state index in [0.717, 1.165) is 25.7 Å². The van der Waals surface area contributed by atoms with E-state index in [1.807, 2.05) is 4.68 Å². The summed E-state index contributed by atoms with van der Waals surface area (Å²) in [7, 11) is -3.96. The molecule has 7 nitrogen and oxygen atoms in total. The van der Waals surface area contributed by atoms with Gasteiger partial charge in [0.25, 0.3) is 15.9 Å². The zero-order valence-electron chi connectivity index (χ0n) is 17.7. The molecule has 0 bridgehead atoms. The van der Waals surface area contributed by atoms with Gasteiger partial charge in [-0.25, -0.2) is 17.5 Å². The molecule has 1 heterocycles. The van der Waals surface area contributed by atoms with Gasteiger partial charge < -0.3 is 5.32 Å². The lowest BCUT2D eigenvalue weighted by atomic mass is 9.96. The number of rotatable bonds is 6. The summed E-state index contributed by atoms with van der Waals surface area (Å²) in [6.45, 7) is 1.75. The Bertz CT molecular complexity index is 1220. The van der Waals surface area contributed by atoms with Crippen LogP contribution in [-0.4, -0.2) is 24.1 Å². The minimum atomic E-state index is -3.96. The van der Waals surface area contributed by atoms with Crippen molar-refractivity contribution in [1.82, 2.24) is 9.78 Å². The van der Waals surface area contributed by atoms with E-state index < -0.39 is 21.7 Å². The van der Waals surface area contributed by atoms with Crippen molar-refractivity contribution in [1.29, 1.82) is 0 Å². The van der Waals surface area contributed by atoms with Crippen LogP contribution in [0.2, 0.25) is 0 Å². The predicted octanol–water partition coefficient (Wildman–Crippen LogP) is 4.89. The zero-order valence-corrected chi connectivity index (χ0v) is 18.5. The minimum Gasteiger partial charge on any atom is -0.307 e. The second-order valence-corrected chi connectivity index (χ2v) is 9.68. The molecule has 2 aromatic carbocycles. The number of amides is 1. The Hall–Kier alpha value is -3.20. The molecular formula is C23H25FN4O3S. The van der Waals surface area contributed by atoms with E-state index >= 15 is 0 Å². The molecule has 9 heteroatoms. The van der Waals surface area contributed by atoms with Crippen LogP contribution in [0.3, 0.4) is 0 Å². The number of nitrogens with one attached hydrogen (secondary N) is 2. The maximum absolute atomic E-state index is 13.1. The largest absolute Gasteiger partial charge is 0.307 e. The molecule has 0 spiro atoms. The van der Waals surface area contributed by atoms with E-state index in [-0.39, 0.29) is 22.2 Å². The summed E-state index contributed by atoms with van der Waals surface area (Å²) in [6.07, 6.45) is 7.19. The van der Waals surface area contributed by atoms with Gasteiger partial charge in [-0.2, -0.15) is 5.10 Å². The molecule has 1 aliphatic rings. The number of benzene rings is 2. The summed E-state index contributed by atoms with van der Waals surface area (Å²) < 4.78 is 43.0. The molecule has 2 N–H and O–H groups in total. The first kappa shape index (κ1) is 22.0. The Morgan fingerprint density at radius 2 is 1.78 bits per heavy atom. The van der Waals surface area contributed by atoms with Crippen LogP contribution in [0.5, 0.6) is 0 Å². The van der Waals surface area contributed by atoms with Crippen molar-refractivity contribution in [2.24, 2.45) is 0 Å². The third kappa shape index (κ3) is 4.83. The third-order valence-electron chi connectivity index (χ3n) is 5.69. The lowest BCUT2D eigenvalue weighted by Gasteiger charge is -2.24. The van der Waals surface area contributed by atoms with Gasteiger partial charge in [-0.15, -0.1) is 0 Å². The average molecular weight is 457 g/mol. The summed E-state index contributed by atoms with van der Waals surface area (Å²) in [5.74, 6) is -0.271. The number of carbonyl (C=O) groups is 1. The van der Waals surface area contributed by atoms with E-state index in [1.165, 1.54) is 42.8 Å². The highest BCUT2D eigenvalue weighted by Gasteiger charge is 2.22. The number of sulfonamides is 1. The van der Waals surface area contributed by atoms with Gasteiger partial charge in [0.15, 0.2) is 0 Å². The molecule has 1 amide bonds. The van der Waals surface area contributed by atoms with Gasteiger partial charge in [0.1, 0.15) is 11.6 Å². The molecular weight excluding hydrogens is 431 g/mol. The van der Waals surface area contributed by atoms with Gasteiger partial charge in [0.2, 0.25) is 0 Å². The topological polar surface area (TPSA) is 93.1 Å². The Morgan fingerprint density at radius 3 is 2.50 bits per heavy atom. The van der Waals surface area contributed by atoms with E-state index in [2.05, 4.69) is 15.1 Å². The number of carbonyl (C=O) groups excluding carboxylic acids is 1. The highest BCUT2D eigenvalue weighted by Crippen LogP contribution is 2.30. The van der Waals surface area contributed by atoms with E-state index in [0.29, 0.717) is 11.4 Å². The number of hydrogen-bond donors (Lipinski definition) is 2. The molecule has 0 radical (unpaired) electrons. The Balaban J connectivity index is 1.56. The Labute approximate surface area is 186 Å². The highest BCUT2D eigenvalue weighted by molar-refractivity contribution is 7.92. The summed E-state index contributed by atoms with van der Waals surface area (Å²) >= 11 is 0. The normalized spacial score (nSPS) is 14.8. The fraction of sp³-hybridized carbons (Fsp3) is 0.304. The molecule has 1 aliphatic carbocycles. The summed E-state index contributed by atoms with van der Waals surface area (Å²) in [5, 5.41) is 7.27. The molecule has 168 valence electrons. The molecule has 0 unspecified atom stereocenters. The zero-order chi connectivity index (χ0) is 22.7. The van der Waals surface area contributed by atoms with Gasteiger partial charge in [0.05, 0.1) is 17.1 Å². The van der Waals surface area contributed by atoms with Crippen LogP contribution in [-0.2, 0) is 10.0 Å². The third-order valence-corrected chi connectivity index (χ3v) is 7.07. The van der Waals surface area contributed by atoms with Crippen LogP contribution in [0.4, 0.5) is 15.9 Å². The predicted molar refractivity (Wildman–Crippen MR) is 121 cm³/mol. The van der Waals surface area contributed by atoms with Crippen molar-refractivity contribution in [2.75, 3.05) is 10.0 Å². The highest BCUT2D eigenvalue weighted by atomic mass is 32.2. The van der Waals surface area contributed by atoms with Crippen molar-refractivity contribution in [3.63, 3.8) is 0 Å². The molecule has 0 aliphatic heterocycles. The fourth-order valence-electron chi connectivity index (χ4n) is 3.96. The van der Waals surface area contributed by atoms with Crippen LogP contribution in [0.15, 0.2) is 59.6 Å². The maximum atomic E-state index is 13.1. The van der Waals surface area contributed by atoms with Crippen molar-refractivity contribution >= 4 is 27.4 Å².